The summed E-state index contributed by atoms with van der Waals surface area (Å²) in [5.74, 6) is -0.0319. The second-order valence-electron chi connectivity index (χ2n) is 5.18. The molecule has 0 aliphatic carbocycles. The van der Waals surface area contributed by atoms with Gasteiger partial charge in [-0.05, 0) is 50.6 Å². The van der Waals surface area contributed by atoms with Crippen LogP contribution in [0.4, 0.5) is 4.39 Å². The lowest BCUT2D eigenvalue weighted by molar-refractivity contribution is -0.126. The number of carbonyl (C=O) groups excluding carboxylic acids is 1. The zero-order valence-electron chi connectivity index (χ0n) is 11.7. The van der Waals surface area contributed by atoms with E-state index in [2.05, 4.69) is 10.2 Å². The Labute approximate surface area is 124 Å². The molecule has 1 N–H and O–H groups in total. The van der Waals surface area contributed by atoms with Crippen LogP contribution in [0.5, 0.6) is 0 Å². The van der Waals surface area contributed by atoms with Gasteiger partial charge in [0.15, 0.2) is 0 Å². The fourth-order valence-electron chi connectivity index (χ4n) is 2.56. The third-order valence-corrected chi connectivity index (χ3v) is 4.07. The van der Waals surface area contributed by atoms with Crippen molar-refractivity contribution in [2.45, 2.75) is 26.3 Å². The van der Waals surface area contributed by atoms with E-state index in [1.807, 2.05) is 6.92 Å². The summed E-state index contributed by atoms with van der Waals surface area (Å²) >= 11 is 6.04. The SMILES string of the molecule is CCNC(=O)C1CCN(Cc2ccc(F)cc2Cl)CC1. The highest BCUT2D eigenvalue weighted by molar-refractivity contribution is 6.31. The van der Waals surface area contributed by atoms with E-state index in [1.165, 1.54) is 12.1 Å². The van der Waals surface area contributed by atoms with Crippen LogP contribution in [0, 0.1) is 11.7 Å². The van der Waals surface area contributed by atoms with Gasteiger partial charge in [0.05, 0.1) is 0 Å². The summed E-state index contributed by atoms with van der Waals surface area (Å²) in [6.07, 6.45) is 1.73. The number of nitrogens with one attached hydrogen (secondary N) is 1. The van der Waals surface area contributed by atoms with E-state index in [0.29, 0.717) is 18.1 Å². The van der Waals surface area contributed by atoms with Crippen LogP contribution in [0.3, 0.4) is 0 Å². The molecular formula is C15H20ClFN2O. The van der Waals surface area contributed by atoms with Crippen molar-refractivity contribution in [3.05, 3.63) is 34.6 Å². The van der Waals surface area contributed by atoms with E-state index in [0.717, 1.165) is 31.5 Å². The Morgan fingerprint density at radius 1 is 1.45 bits per heavy atom. The van der Waals surface area contributed by atoms with Gasteiger partial charge in [0, 0.05) is 24.0 Å². The fourth-order valence-corrected chi connectivity index (χ4v) is 2.79. The molecule has 1 heterocycles. The number of nitrogens with zero attached hydrogens (tertiary/aromatic N) is 1. The maximum atomic E-state index is 13.0. The van der Waals surface area contributed by atoms with Crippen molar-refractivity contribution in [2.24, 2.45) is 5.92 Å². The standard InChI is InChI=1S/C15H20ClFN2O/c1-2-18-15(20)11-5-7-19(8-6-11)10-12-3-4-13(17)9-14(12)16/h3-4,9,11H,2,5-8,10H2,1H3,(H,18,20). The maximum Gasteiger partial charge on any atom is 0.223 e. The van der Waals surface area contributed by atoms with Crippen LogP contribution in [0.25, 0.3) is 0 Å². The summed E-state index contributed by atoms with van der Waals surface area (Å²) in [6, 6.07) is 4.51. The predicted octanol–water partition coefficient (Wildman–Crippen LogP) is 2.83. The molecule has 3 nitrogen and oxygen atoms in total. The average Bonchev–Trinajstić information content (AvgIpc) is 2.43. The third-order valence-electron chi connectivity index (χ3n) is 3.72. The molecule has 2 rings (SSSR count). The molecule has 0 spiro atoms. The molecule has 1 aromatic carbocycles. The first kappa shape index (κ1) is 15.3. The summed E-state index contributed by atoms with van der Waals surface area (Å²) in [6.45, 7) is 5.07. The van der Waals surface area contributed by atoms with Crippen molar-refractivity contribution in [1.29, 1.82) is 0 Å². The van der Waals surface area contributed by atoms with Gasteiger partial charge in [0.2, 0.25) is 5.91 Å². The van der Waals surface area contributed by atoms with Gasteiger partial charge in [-0.2, -0.15) is 0 Å². The van der Waals surface area contributed by atoms with E-state index >= 15 is 0 Å². The fraction of sp³-hybridized carbons (Fsp3) is 0.533. The van der Waals surface area contributed by atoms with Gasteiger partial charge in [-0.25, -0.2) is 4.39 Å². The Hall–Kier alpha value is -1.13. The van der Waals surface area contributed by atoms with E-state index < -0.39 is 0 Å². The lowest BCUT2D eigenvalue weighted by Crippen LogP contribution is -2.40. The van der Waals surface area contributed by atoms with Crippen molar-refractivity contribution in [1.82, 2.24) is 10.2 Å². The van der Waals surface area contributed by atoms with Crippen LogP contribution >= 0.6 is 11.6 Å². The van der Waals surface area contributed by atoms with Crippen LogP contribution in [0.2, 0.25) is 5.02 Å². The van der Waals surface area contributed by atoms with Crippen LogP contribution in [-0.4, -0.2) is 30.4 Å². The van der Waals surface area contributed by atoms with Gasteiger partial charge in [-0.3, -0.25) is 9.69 Å². The lowest BCUT2D eigenvalue weighted by Gasteiger charge is -2.31. The molecule has 110 valence electrons. The molecule has 0 aromatic heterocycles. The molecule has 1 aliphatic rings. The Bertz CT molecular complexity index is 473. The number of benzene rings is 1. The summed E-state index contributed by atoms with van der Waals surface area (Å²) in [4.78, 5) is 14.0. The number of hydrogen-bond acceptors (Lipinski definition) is 2. The van der Waals surface area contributed by atoms with Gasteiger partial charge in [0.1, 0.15) is 5.82 Å². The van der Waals surface area contributed by atoms with Crippen LogP contribution in [0.1, 0.15) is 25.3 Å². The smallest absolute Gasteiger partial charge is 0.223 e. The van der Waals surface area contributed by atoms with Crippen LogP contribution < -0.4 is 5.32 Å². The van der Waals surface area contributed by atoms with Crippen LogP contribution in [-0.2, 0) is 11.3 Å². The monoisotopic (exact) mass is 298 g/mol. The van der Waals surface area contributed by atoms with Gasteiger partial charge in [0.25, 0.3) is 0 Å². The number of halogens is 2. The zero-order chi connectivity index (χ0) is 14.5. The summed E-state index contributed by atoms with van der Waals surface area (Å²) in [7, 11) is 0. The molecule has 0 bridgehead atoms. The molecule has 20 heavy (non-hydrogen) atoms. The summed E-state index contributed by atoms with van der Waals surface area (Å²) < 4.78 is 13.0. The molecule has 1 aliphatic heterocycles. The Morgan fingerprint density at radius 2 is 2.15 bits per heavy atom. The maximum absolute atomic E-state index is 13.0. The highest BCUT2D eigenvalue weighted by Gasteiger charge is 2.24. The van der Waals surface area contributed by atoms with Crippen molar-refractivity contribution in [3.8, 4) is 0 Å². The molecule has 1 saturated heterocycles. The molecule has 1 aromatic rings. The molecule has 0 unspecified atom stereocenters. The number of carbonyl (C=O) groups is 1. The topological polar surface area (TPSA) is 32.3 Å². The van der Waals surface area contributed by atoms with Gasteiger partial charge < -0.3 is 5.32 Å². The van der Waals surface area contributed by atoms with Crippen molar-refractivity contribution < 1.29 is 9.18 Å². The first-order valence-corrected chi connectivity index (χ1v) is 7.42. The highest BCUT2D eigenvalue weighted by Crippen LogP contribution is 2.23. The largest absolute Gasteiger partial charge is 0.356 e. The number of rotatable bonds is 4. The summed E-state index contributed by atoms with van der Waals surface area (Å²) in [5, 5.41) is 3.34. The van der Waals surface area contributed by atoms with E-state index in [-0.39, 0.29) is 17.6 Å². The Balaban J connectivity index is 1.86. The number of likely N-dealkylation sites (tertiary alicyclic amines) is 1. The quantitative estimate of drug-likeness (QED) is 0.927. The average molecular weight is 299 g/mol. The van der Waals surface area contributed by atoms with Gasteiger partial charge >= 0.3 is 0 Å². The minimum Gasteiger partial charge on any atom is -0.356 e. The van der Waals surface area contributed by atoms with Crippen molar-refractivity contribution >= 4 is 17.5 Å². The second-order valence-corrected chi connectivity index (χ2v) is 5.59. The third kappa shape index (κ3) is 3.93. The first-order chi connectivity index (χ1) is 9.60. The minimum absolute atomic E-state index is 0.120. The zero-order valence-corrected chi connectivity index (χ0v) is 12.4. The molecule has 0 saturated carbocycles. The first-order valence-electron chi connectivity index (χ1n) is 7.04. The minimum atomic E-state index is -0.311. The van der Waals surface area contributed by atoms with E-state index in [9.17, 15) is 9.18 Å². The molecular weight excluding hydrogens is 279 g/mol. The number of piperidine rings is 1. The number of amides is 1. The normalized spacial score (nSPS) is 17.1. The Kier molecular flexibility index (Phi) is 5.38. The van der Waals surface area contributed by atoms with Crippen molar-refractivity contribution in [2.75, 3.05) is 19.6 Å². The molecule has 1 amide bonds. The molecule has 5 heteroatoms. The summed E-state index contributed by atoms with van der Waals surface area (Å²) in [5.41, 5.74) is 0.935. The van der Waals surface area contributed by atoms with E-state index in [1.54, 1.807) is 6.07 Å². The molecule has 1 fully saturated rings. The van der Waals surface area contributed by atoms with Crippen LogP contribution in [0.15, 0.2) is 18.2 Å². The Morgan fingerprint density at radius 3 is 2.75 bits per heavy atom. The van der Waals surface area contributed by atoms with Gasteiger partial charge in [-0.15, -0.1) is 0 Å². The molecule has 0 radical (unpaired) electrons. The van der Waals surface area contributed by atoms with Crippen molar-refractivity contribution in [3.63, 3.8) is 0 Å². The molecule has 0 atom stereocenters. The predicted molar refractivity (Wildman–Crippen MR) is 78.1 cm³/mol. The lowest BCUT2D eigenvalue weighted by atomic mass is 9.95. The highest BCUT2D eigenvalue weighted by atomic mass is 35.5. The van der Waals surface area contributed by atoms with Gasteiger partial charge in [-0.1, -0.05) is 17.7 Å². The number of hydrogen-bond donors (Lipinski definition) is 1. The van der Waals surface area contributed by atoms with E-state index in [4.69, 9.17) is 11.6 Å². The second kappa shape index (κ2) is 7.04.